The number of aryl methyl sites for hydroxylation is 1. The van der Waals surface area contributed by atoms with E-state index in [-0.39, 0.29) is 17.6 Å². The van der Waals surface area contributed by atoms with Crippen LogP contribution in [0.1, 0.15) is 23.3 Å². The minimum atomic E-state index is -0.317. The molecule has 1 spiro atoms. The van der Waals surface area contributed by atoms with Gasteiger partial charge in [0.2, 0.25) is 0 Å². The van der Waals surface area contributed by atoms with E-state index in [1.54, 1.807) is 47.4 Å². The number of aromatic nitrogens is 4. The van der Waals surface area contributed by atoms with Gasteiger partial charge in [0.05, 0.1) is 19.7 Å². The number of ether oxygens (including phenoxy) is 2. The Morgan fingerprint density at radius 3 is 2.88 bits per heavy atom. The first kappa shape index (κ1) is 15.1. The van der Waals surface area contributed by atoms with Gasteiger partial charge in [-0.15, -0.1) is 0 Å². The number of rotatable bonds is 3. The molecule has 0 aromatic carbocycles. The minimum absolute atomic E-state index is 0.00764. The van der Waals surface area contributed by atoms with Crippen LogP contribution in [0.3, 0.4) is 0 Å². The van der Waals surface area contributed by atoms with E-state index >= 15 is 0 Å². The standard InChI is InChI=1S/C16H19N5O3/c1-20-7-3-13(19-20)14(22)21-10-16(11-21)9-12(4-8-23-16)24-15-17-5-2-6-18-15/h2-3,5-7,12H,4,8-11H2,1H3/t12-/m1/s1. The largest absolute Gasteiger partial charge is 0.460 e. The second kappa shape index (κ2) is 5.86. The number of amides is 1. The van der Waals surface area contributed by atoms with E-state index < -0.39 is 0 Å². The lowest BCUT2D eigenvalue weighted by molar-refractivity contribution is -0.174. The van der Waals surface area contributed by atoms with E-state index in [4.69, 9.17) is 9.47 Å². The molecule has 1 amide bonds. The molecule has 2 aromatic heterocycles. The Hall–Kier alpha value is -2.48. The predicted octanol–water partition coefficient (Wildman–Crippen LogP) is 0.663. The van der Waals surface area contributed by atoms with E-state index in [2.05, 4.69) is 15.1 Å². The lowest BCUT2D eigenvalue weighted by atomic mass is 9.84. The van der Waals surface area contributed by atoms with Crippen molar-refractivity contribution >= 4 is 5.91 Å². The first-order chi connectivity index (χ1) is 11.6. The molecule has 2 aliphatic rings. The highest BCUT2D eigenvalue weighted by Crippen LogP contribution is 2.35. The van der Waals surface area contributed by atoms with Gasteiger partial charge in [0.25, 0.3) is 5.91 Å². The van der Waals surface area contributed by atoms with Gasteiger partial charge in [-0.2, -0.15) is 5.10 Å². The van der Waals surface area contributed by atoms with Gasteiger partial charge in [0.1, 0.15) is 17.4 Å². The summed E-state index contributed by atoms with van der Waals surface area (Å²) in [7, 11) is 1.80. The number of hydrogen-bond donors (Lipinski definition) is 0. The highest BCUT2D eigenvalue weighted by atomic mass is 16.5. The quantitative estimate of drug-likeness (QED) is 0.823. The summed E-state index contributed by atoms with van der Waals surface area (Å²) in [5, 5.41) is 4.16. The van der Waals surface area contributed by atoms with Gasteiger partial charge in [0.15, 0.2) is 0 Å². The molecule has 0 N–H and O–H groups in total. The van der Waals surface area contributed by atoms with Crippen molar-refractivity contribution in [2.75, 3.05) is 19.7 Å². The Labute approximate surface area is 139 Å². The van der Waals surface area contributed by atoms with Crippen molar-refractivity contribution < 1.29 is 14.3 Å². The Morgan fingerprint density at radius 1 is 1.38 bits per heavy atom. The van der Waals surface area contributed by atoms with Crippen LogP contribution in [0.5, 0.6) is 6.01 Å². The Balaban J connectivity index is 1.36. The number of hydrogen-bond acceptors (Lipinski definition) is 6. The maximum atomic E-state index is 12.4. The summed E-state index contributed by atoms with van der Waals surface area (Å²) in [5.74, 6) is -0.0562. The molecule has 0 aliphatic carbocycles. The molecule has 8 nitrogen and oxygen atoms in total. The zero-order chi connectivity index (χ0) is 16.6. The van der Waals surface area contributed by atoms with Crippen LogP contribution in [0.4, 0.5) is 0 Å². The van der Waals surface area contributed by atoms with E-state index in [1.165, 1.54) is 0 Å². The normalized spacial score (nSPS) is 22.2. The summed E-state index contributed by atoms with van der Waals surface area (Å²) in [4.78, 5) is 22.4. The maximum Gasteiger partial charge on any atom is 0.316 e. The lowest BCUT2D eigenvalue weighted by Crippen LogP contribution is -2.67. The molecule has 2 fully saturated rings. The summed E-state index contributed by atoms with van der Waals surface area (Å²) >= 11 is 0. The van der Waals surface area contributed by atoms with Crippen molar-refractivity contribution in [3.8, 4) is 6.01 Å². The Bertz CT molecular complexity index is 726. The molecule has 2 aliphatic heterocycles. The molecular formula is C16H19N5O3. The zero-order valence-electron chi connectivity index (χ0n) is 13.5. The Kier molecular flexibility index (Phi) is 3.68. The topological polar surface area (TPSA) is 82.4 Å². The second-order valence-electron chi connectivity index (χ2n) is 6.33. The average Bonchev–Trinajstić information content (AvgIpc) is 3.00. The van der Waals surface area contributed by atoms with Crippen LogP contribution in [0, 0.1) is 0 Å². The van der Waals surface area contributed by atoms with Crippen LogP contribution in [-0.2, 0) is 11.8 Å². The fourth-order valence-electron chi connectivity index (χ4n) is 3.28. The van der Waals surface area contributed by atoms with Crippen LogP contribution < -0.4 is 4.74 Å². The maximum absolute atomic E-state index is 12.4. The molecule has 0 saturated carbocycles. The molecule has 126 valence electrons. The van der Waals surface area contributed by atoms with E-state index in [0.29, 0.717) is 31.4 Å². The van der Waals surface area contributed by atoms with Crippen molar-refractivity contribution in [3.05, 3.63) is 36.4 Å². The fourth-order valence-corrected chi connectivity index (χ4v) is 3.28. The molecule has 4 rings (SSSR count). The smallest absolute Gasteiger partial charge is 0.316 e. The number of carbonyl (C=O) groups excluding carboxylic acids is 1. The monoisotopic (exact) mass is 329 g/mol. The van der Waals surface area contributed by atoms with Crippen molar-refractivity contribution in [1.29, 1.82) is 0 Å². The highest BCUT2D eigenvalue weighted by Gasteiger charge is 2.50. The molecule has 8 heteroatoms. The van der Waals surface area contributed by atoms with E-state index in [1.807, 2.05) is 0 Å². The molecule has 1 atom stereocenters. The summed E-state index contributed by atoms with van der Waals surface area (Å²) in [6, 6.07) is 3.87. The van der Waals surface area contributed by atoms with E-state index in [9.17, 15) is 4.79 Å². The van der Waals surface area contributed by atoms with Gasteiger partial charge in [0, 0.05) is 38.5 Å². The van der Waals surface area contributed by atoms with Gasteiger partial charge >= 0.3 is 6.01 Å². The fraction of sp³-hybridized carbons (Fsp3) is 0.500. The third-order valence-corrected chi connectivity index (χ3v) is 4.44. The summed E-state index contributed by atoms with van der Waals surface area (Å²) in [6.07, 6.45) is 6.63. The third kappa shape index (κ3) is 2.84. The third-order valence-electron chi connectivity index (χ3n) is 4.44. The van der Waals surface area contributed by atoms with E-state index in [0.717, 1.165) is 12.8 Å². The van der Waals surface area contributed by atoms with Gasteiger partial charge < -0.3 is 14.4 Å². The first-order valence-electron chi connectivity index (χ1n) is 8.00. The molecule has 0 unspecified atom stereocenters. The zero-order valence-corrected chi connectivity index (χ0v) is 13.5. The summed E-state index contributed by atoms with van der Waals surface area (Å²) in [5.41, 5.74) is 0.149. The average molecular weight is 329 g/mol. The van der Waals surface area contributed by atoms with Crippen molar-refractivity contribution in [2.24, 2.45) is 7.05 Å². The minimum Gasteiger partial charge on any atom is -0.460 e. The SMILES string of the molecule is Cn1ccc(C(=O)N2CC3(C[C@H](Oc4ncccn4)CCO3)C2)n1. The van der Waals surface area contributed by atoms with Crippen LogP contribution in [-0.4, -0.2) is 62.0 Å². The molecule has 2 saturated heterocycles. The molecule has 0 radical (unpaired) electrons. The van der Waals surface area contributed by atoms with Crippen molar-refractivity contribution in [3.63, 3.8) is 0 Å². The number of nitrogens with zero attached hydrogens (tertiary/aromatic N) is 5. The van der Waals surface area contributed by atoms with Crippen LogP contribution in [0.2, 0.25) is 0 Å². The lowest BCUT2D eigenvalue weighted by Gasteiger charge is -2.52. The molecule has 4 heterocycles. The molecule has 24 heavy (non-hydrogen) atoms. The summed E-state index contributed by atoms with van der Waals surface area (Å²) in [6.45, 7) is 1.75. The van der Waals surface area contributed by atoms with Crippen LogP contribution in [0.15, 0.2) is 30.7 Å². The summed E-state index contributed by atoms with van der Waals surface area (Å²) < 4.78 is 13.4. The van der Waals surface area contributed by atoms with Gasteiger partial charge in [-0.1, -0.05) is 0 Å². The molecular weight excluding hydrogens is 310 g/mol. The number of carbonyl (C=O) groups is 1. The Morgan fingerprint density at radius 2 is 2.17 bits per heavy atom. The molecule has 0 bridgehead atoms. The van der Waals surface area contributed by atoms with Crippen molar-refractivity contribution in [2.45, 2.75) is 24.5 Å². The van der Waals surface area contributed by atoms with Gasteiger partial charge in [-0.05, 0) is 12.1 Å². The van der Waals surface area contributed by atoms with Gasteiger partial charge in [-0.3, -0.25) is 9.48 Å². The highest BCUT2D eigenvalue weighted by molar-refractivity contribution is 5.93. The van der Waals surface area contributed by atoms with Crippen LogP contribution in [0.25, 0.3) is 0 Å². The van der Waals surface area contributed by atoms with Gasteiger partial charge in [-0.25, -0.2) is 9.97 Å². The second-order valence-corrected chi connectivity index (χ2v) is 6.33. The van der Waals surface area contributed by atoms with Crippen molar-refractivity contribution in [1.82, 2.24) is 24.6 Å². The first-order valence-corrected chi connectivity index (χ1v) is 8.00. The predicted molar refractivity (Wildman–Crippen MR) is 83.5 cm³/mol. The molecule has 2 aromatic rings. The number of likely N-dealkylation sites (tertiary alicyclic amines) is 1. The van der Waals surface area contributed by atoms with Crippen LogP contribution >= 0.6 is 0 Å².